The third-order valence-corrected chi connectivity index (χ3v) is 5.21. The second-order valence-electron chi connectivity index (χ2n) is 4.05. The van der Waals surface area contributed by atoms with Crippen LogP contribution in [0.5, 0.6) is 5.75 Å². The van der Waals surface area contributed by atoms with E-state index in [0.29, 0.717) is 10.5 Å². The topological polar surface area (TPSA) is 110 Å². The lowest BCUT2D eigenvalue weighted by molar-refractivity contribution is -0.117. The predicted molar refractivity (Wildman–Crippen MR) is 69.6 cm³/mol. The molecule has 2 rings (SSSR count). The van der Waals surface area contributed by atoms with Crippen molar-refractivity contribution in [2.75, 3.05) is 17.1 Å². The third kappa shape index (κ3) is 2.36. The van der Waals surface area contributed by atoms with E-state index in [2.05, 4.69) is 0 Å². The van der Waals surface area contributed by atoms with Crippen LogP contribution in [-0.4, -0.2) is 36.8 Å². The average molecular weight is 304 g/mol. The van der Waals surface area contributed by atoms with Gasteiger partial charge in [0.25, 0.3) is 5.91 Å². The van der Waals surface area contributed by atoms with Gasteiger partial charge in [-0.25, -0.2) is 9.03 Å². The van der Waals surface area contributed by atoms with Crippen LogP contribution >= 0.6 is 0 Å². The molecule has 19 heavy (non-hydrogen) atoms. The highest BCUT2D eigenvalue weighted by atomic mass is 32.2. The molecule has 1 fully saturated rings. The van der Waals surface area contributed by atoms with E-state index in [9.17, 15) is 22.9 Å². The third-order valence-electron chi connectivity index (χ3n) is 2.76. The van der Waals surface area contributed by atoms with Gasteiger partial charge < -0.3 is 9.66 Å². The van der Waals surface area contributed by atoms with Gasteiger partial charge in [0, 0.05) is 5.56 Å². The number of phenols is 1. The molecule has 0 spiro atoms. The van der Waals surface area contributed by atoms with Crippen molar-refractivity contribution < 1.29 is 22.9 Å². The van der Waals surface area contributed by atoms with Crippen LogP contribution in [0.25, 0.3) is 0 Å². The molecule has 2 N–H and O–H groups in total. The first-order valence-electron chi connectivity index (χ1n) is 5.23. The van der Waals surface area contributed by atoms with E-state index >= 15 is 0 Å². The second kappa shape index (κ2) is 4.58. The lowest BCUT2D eigenvalue weighted by Crippen LogP contribution is -2.29. The zero-order valence-corrected chi connectivity index (χ0v) is 11.8. The first-order valence-corrected chi connectivity index (χ1v) is 8.23. The Morgan fingerprint density at radius 1 is 1.47 bits per heavy atom. The fourth-order valence-electron chi connectivity index (χ4n) is 1.84. The van der Waals surface area contributed by atoms with Crippen LogP contribution in [0.1, 0.15) is 5.56 Å². The number of hydrogen-bond donors (Lipinski definition) is 2. The summed E-state index contributed by atoms with van der Waals surface area (Å²) < 4.78 is 37.4. The highest BCUT2D eigenvalue weighted by Crippen LogP contribution is 2.36. The first-order chi connectivity index (χ1) is 8.74. The van der Waals surface area contributed by atoms with Gasteiger partial charge in [0.15, 0.2) is 4.90 Å². The lowest BCUT2D eigenvalue weighted by Gasteiger charge is -2.18. The Labute approximate surface area is 113 Å². The van der Waals surface area contributed by atoms with Gasteiger partial charge in [-0.05, 0) is 30.2 Å². The van der Waals surface area contributed by atoms with E-state index in [1.54, 1.807) is 0 Å². The minimum atomic E-state index is -3.96. The Bertz CT molecular complexity index is 642. The molecule has 1 aromatic rings. The summed E-state index contributed by atoms with van der Waals surface area (Å²) in [6.45, 7) is 1.15. The molecule has 1 unspecified atom stereocenters. The molecule has 1 amide bonds. The van der Waals surface area contributed by atoms with Gasteiger partial charge in [-0.15, -0.1) is 0 Å². The number of aromatic hydroxyl groups is 1. The largest absolute Gasteiger partial charge is 0.612 e. The smallest absolute Gasteiger partial charge is 0.326 e. The van der Waals surface area contributed by atoms with E-state index in [-0.39, 0.29) is 18.0 Å². The van der Waals surface area contributed by atoms with Crippen molar-refractivity contribution in [3.05, 3.63) is 17.7 Å². The van der Waals surface area contributed by atoms with Crippen molar-refractivity contribution in [3.8, 4) is 5.75 Å². The van der Waals surface area contributed by atoms with Crippen LogP contribution in [0, 0.1) is 6.92 Å². The van der Waals surface area contributed by atoms with Gasteiger partial charge in [0.1, 0.15) is 18.6 Å². The van der Waals surface area contributed by atoms with Gasteiger partial charge in [0.2, 0.25) is 0 Å². The highest BCUT2D eigenvalue weighted by molar-refractivity contribution is 7.92. The molecule has 0 aliphatic carbocycles. The van der Waals surface area contributed by atoms with Gasteiger partial charge in [-0.1, -0.05) is 0 Å². The van der Waals surface area contributed by atoms with Crippen molar-refractivity contribution in [1.82, 2.24) is 4.72 Å². The normalized spacial score (nSPS) is 19.3. The Morgan fingerprint density at radius 3 is 2.58 bits per heavy atom. The summed E-state index contributed by atoms with van der Waals surface area (Å²) in [7, 11) is -3.96. The van der Waals surface area contributed by atoms with E-state index in [1.165, 1.54) is 25.3 Å². The molecule has 104 valence electrons. The molecule has 1 aliphatic heterocycles. The lowest BCUT2D eigenvalue weighted by atomic mass is 10.2. The zero-order chi connectivity index (χ0) is 14.4. The van der Waals surface area contributed by atoms with Crippen LogP contribution in [0.4, 0.5) is 5.69 Å². The maximum atomic E-state index is 11.7. The number of carbonyl (C=O) groups excluding carboxylic acids is 1. The number of hydrogen-bond acceptors (Lipinski definition) is 5. The number of carbonyl (C=O) groups is 1. The van der Waals surface area contributed by atoms with Gasteiger partial charge in [0.05, 0.1) is 5.69 Å². The van der Waals surface area contributed by atoms with Crippen LogP contribution < -0.4 is 9.03 Å². The highest BCUT2D eigenvalue weighted by Gasteiger charge is 2.36. The number of amides is 1. The number of benzene rings is 1. The molecule has 0 saturated carbocycles. The molecule has 7 nitrogen and oxygen atoms in total. The predicted octanol–water partition coefficient (Wildman–Crippen LogP) is -0.381. The fraction of sp³-hybridized carbons (Fsp3) is 0.300. The summed E-state index contributed by atoms with van der Waals surface area (Å²) in [5, 5.41) is 10.0. The van der Waals surface area contributed by atoms with E-state index in [1.807, 2.05) is 4.72 Å². The fourth-order valence-corrected chi connectivity index (χ4v) is 3.78. The molecular weight excluding hydrogens is 292 g/mol. The minimum absolute atomic E-state index is 0.00921. The Balaban J connectivity index is 2.54. The molecule has 9 heteroatoms. The minimum Gasteiger partial charge on any atom is -0.612 e. The number of anilines is 1. The van der Waals surface area contributed by atoms with Crippen molar-refractivity contribution in [2.45, 2.75) is 11.8 Å². The van der Waals surface area contributed by atoms with Crippen molar-refractivity contribution in [1.29, 1.82) is 0 Å². The summed E-state index contributed by atoms with van der Waals surface area (Å²) >= 11 is -1.30. The molecule has 0 radical (unpaired) electrons. The van der Waals surface area contributed by atoms with Crippen molar-refractivity contribution >= 4 is 33.0 Å². The van der Waals surface area contributed by atoms with Crippen LogP contribution in [-0.2, 0) is 26.2 Å². The molecule has 1 aromatic carbocycles. The van der Waals surface area contributed by atoms with E-state index in [4.69, 9.17) is 0 Å². The number of nitrogens with zero attached hydrogens (tertiary/aromatic N) is 1. The monoisotopic (exact) mass is 304 g/mol. The Kier molecular flexibility index (Phi) is 3.37. The summed E-state index contributed by atoms with van der Waals surface area (Å²) in [6.07, 6.45) is 1.46. The molecule has 1 saturated heterocycles. The van der Waals surface area contributed by atoms with E-state index < -0.39 is 27.3 Å². The number of phenolic OH excluding ortho intramolecular Hbond substituents is 1. The molecule has 1 heterocycles. The van der Waals surface area contributed by atoms with Crippen LogP contribution in [0.3, 0.4) is 0 Å². The SMILES string of the molecule is Cc1c([S+](C)[O-])ccc(N2CC(=O)NS2(=O)=O)c1O. The van der Waals surface area contributed by atoms with Gasteiger partial charge in [-0.3, -0.25) is 4.79 Å². The average Bonchev–Trinajstić information content (AvgIpc) is 2.55. The number of rotatable bonds is 2. The van der Waals surface area contributed by atoms with Crippen LogP contribution in [0.2, 0.25) is 0 Å². The second-order valence-corrected chi connectivity index (χ2v) is 6.99. The van der Waals surface area contributed by atoms with Gasteiger partial charge >= 0.3 is 10.2 Å². The van der Waals surface area contributed by atoms with E-state index in [0.717, 1.165) is 4.31 Å². The molecule has 0 aromatic heterocycles. The van der Waals surface area contributed by atoms with Crippen LogP contribution in [0.15, 0.2) is 17.0 Å². The molecule has 1 aliphatic rings. The summed E-state index contributed by atoms with van der Waals surface area (Å²) in [6, 6.07) is 2.80. The van der Waals surface area contributed by atoms with Gasteiger partial charge in [-0.2, -0.15) is 8.42 Å². The summed E-state index contributed by atoms with van der Waals surface area (Å²) in [5.74, 6) is -0.965. The molecule has 0 bridgehead atoms. The zero-order valence-electron chi connectivity index (χ0n) is 10.2. The standard InChI is InChI=1S/C10H12N2O5S2/c1-6-8(18(2)15)4-3-7(10(6)14)12-5-9(13)11-19(12,16)17/h3-4,14H,5H2,1-2H3,(H,11,13). The Morgan fingerprint density at radius 2 is 2.11 bits per heavy atom. The first kappa shape index (κ1) is 14.0. The Hall–Kier alpha value is -1.45. The summed E-state index contributed by atoms with van der Waals surface area (Å²) in [5.41, 5.74) is 0.318. The molecular formula is C10H12N2O5S2. The quantitative estimate of drug-likeness (QED) is 0.724. The number of nitrogens with one attached hydrogen (secondary N) is 1. The van der Waals surface area contributed by atoms with Crippen molar-refractivity contribution in [3.63, 3.8) is 0 Å². The summed E-state index contributed by atoms with van der Waals surface area (Å²) in [4.78, 5) is 11.6. The maximum Gasteiger partial charge on any atom is 0.326 e. The van der Waals surface area contributed by atoms with Crippen molar-refractivity contribution in [2.24, 2.45) is 0 Å². The maximum absolute atomic E-state index is 11.7. The molecule has 1 atom stereocenters.